The summed E-state index contributed by atoms with van der Waals surface area (Å²) in [6, 6.07) is 1.77. The number of rotatable bonds is 0. The van der Waals surface area contributed by atoms with Crippen molar-refractivity contribution in [2.24, 2.45) is 0 Å². The average Bonchev–Trinajstić information content (AvgIpc) is 2.12. The minimum Gasteiger partial charge on any atom is -0.507 e. The van der Waals surface area contributed by atoms with E-state index in [0.717, 1.165) is 11.1 Å². The third-order valence-corrected chi connectivity index (χ3v) is 1.82. The van der Waals surface area contributed by atoms with Crippen LogP contribution in [0.2, 0.25) is 0 Å². The Kier molecular flexibility index (Phi) is 1.43. The molecule has 0 amide bonds. The highest BCUT2D eigenvalue weighted by Gasteiger charge is 2.02. The van der Waals surface area contributed by atoms with E-state index in [1.54, 1.807) is 24.7 Å². The van der Waals surface area contributed by atoms with Gasteiger partial charge in [0.2, 0.25) is 0 Å². The van der Waals surface area contributed by atoms with E-state index in [2.05, 4.69) is 9.97 Å². The third-order valence-electron chi connectivity index (χ3n) is 1.82. The van der Waals surface area contributed by atoms with Crippen LogP contribution >= 0.6 is 0 Å². The number of hydrogen-bond donors (Lipinski definition) is 1. The van der Waals surface area contributed by atoms with Crippen LogP contribution in [0.4, 0.5) is 0 Å². The second-order valence-corrected chi connectivity index (χ2v) is 2.68. The number of nitrogens with zero attached hydrogens (tertiary/aromatic N) is 2. The van der Waals surface area contributed by atoms with Gasteiger partial charge in [0.05, 0.1) is 10.9 Å². The Hall–Kier alpha value is -1.64. The summed E-state index contributed by atoms with van der Waals surface area (Å²) < 4.78 is 0. The van der Waals surface area contributed by atoms with Gasteiger partial charge in [0.1, 0.15) is 5.75 Å². The molecule has 2 heterocycles. The molecule has 0 spiro atoms. The van der Waals surface area contributed by atoms with Crippen molar-refractivity contribution in [2.75, 3.05) is 0 Å². The zero-order chi connectivity index (χ0) is 8.55. The number of aromatic nitrogens is 2. The van der Waals surface area contributed by atoms with Crippen LogP contribution < -0.4 is 0 Å². The fourth-order valence-corrected chi connectivity index (χ4v) is 1.12. The van der Waals surface area contributed by atoms with Crippen LogP contribution in [0.3, 0.4) is 0 Å². The lowest BCUT2D eigenvalue weighted by Gasteiger charge is -2.01. The van der Waals surface area contributed by atoms with Crippen molar-refractivity contribution in [2.45, 2.75) is 6.92 Å². The summed E-state index contributed by atoms with van der Waals surface area (Å²) in [7, 11) is 0. The minimum atomic E-state index is 0.271. The highest BCUT2D eigenvalue weighted by molar-refractivity contribution is 5.84. The summed E-state index contributed by atoms with van der Waals surface area (Å²) in [6.45, 7) is 1.81. The Bertz CT molecular complexity index is 426. The van der Waals surface area contributed by atoms with Crippen molar-refractivity contribution in [1.82, 2.24) is 9.97 Å². The minimum absolute atomic E-state index is 0.271. The van der Waals surface area contributed by atoms with Crippen molar-refractivity contribution in [3.63, 3.8) is 0 Å². The molecule has 0 aliphatic rings. The summed E-state index contributed by atoms with van der Waals surface area (Å²) in [6.07, 6.45) is 4.92. The standard InChI is InChI=1S/C9H8N2O/c1-6-4-11-8-2-3-10-5-7(8)9(6)12/h2-5H,1H3,(H,11,12). The first-order valence-corrected chi connectivity index (χ1v) is 3.67. The Morgan fingerprint density at radius 1 is 1.33 bits per heavy atom. The molecule has 0 unspecified atom stereocenters. The quantitative estimate of drug-likeness (QED) is 0.637. The predicted octanol–water partition coefficient (Wildman–Crippen LogP) is 1.64. The molecule has 0 aromatic carbocycles. The number of fused-ring (bicyclic) bond motifs is 1. The van der Waals surface area contributed by atoms with E-state index in [0.29, 0.717) is 5.39 Å². The Balaban J connectivity index is 2.91. The van der Waals surface area contributed by atoms with Crippen LogP contribution in [0.25, 0.3) is 10.9 Å². The van der Waals surface area contributed by atoms with Crippen molar-refractivity contribution in [1.29, 1.82) is 0 Å². The lowest BCUT2D eigenvalue weighted by atomic mass is 10.2. The molecule has 0 radical (unpaired) electrons. The molecular formula is C9H8N2O. The van der Waals surface area contributed by atoms with Crippen LogP contribution in [-0.4, -0.2) is 15.1 Å². The molecule has 0 atom stereocenters. The van der Waals surface area contributed by atoms with Gasteiger partial charge in [-0.3, -0.25) is 9.97 Å². The van der Waals surface area contributed by atoms with Crippen LogP contribution in [0.5, 0.6) is 5.75 Å². The van der Waals surface area contributed by atoms with Crippen molar-refractivity contribution < 1.29 is 5.11 Å². The van der Waals surface area contributed by atoms with Gasteiger partial charge in [-0.2, -0.15) is 0 Å². The van der Waals surface area contributed by atoms with E-state index < -0.39 is 0 Å². The molecular weight excluding hydrogens is 152 g/mol. The number of aromatic hydroxyl groups is 1. The molecule has 0 saturated heterocycles. The van der Waals surface area contributed by atoms with Crippen LogP contribution in [0.1, 0.15) is 5.56 Å². The number of hydrogen-bond acceptors (Lipinski definition) is 3. The molecule has 3 nitrogen and oxygen atoms in total. The first kappa shape index (κ1) is 7.03. The Morgan fingerprint density at radius 3 is 3.00 bits per heavy atom. The molecule has 0 aliphatic heterocycles. The van der Waals surface area contributed by atoms with E-state index in [1.165, 1.54) is 0 Å². The molecule has 0 fully saturated rings. The van der Waals surface area contributed by atoms with Gasteiger partial charge in [-0.15, -0.1) is 0 Å². The maximum atomic E-state index is 9.58. The monoisotopic (exact) mass is 160 g/mol. The van der Waals surface area contributed by atoms with Gasteiger partial charge in [-0.25, -0.2) is 0 Å². The zero-order valence-electron chi connectivity index (χ0n) is 6.65. The highest BCUT2D eigenvalue weighted by atomic mass is 16.3. The summed E-state index contributed by atoms with van der Waals surface area (Å²) in [5, 5.41) is 10.3. The Labute approximate surface area is 69.7 Å². The normalized spacial score (nSPS) is 10.4. The molecule has 60 valence electrons. The van der Waals surface area contributed by atoms with Gasteiger partial charge < -0.3 is 5.11 Å². The summed E-state index contributed by atoms with van der Waals surface area (Å²) in [5.41, 5.74) is 1.55. The molecule has 2 rings (SSSR count). The van der Waals surface area contributed by atoms with Gasteiger partial charge in [0.15, 0.2) is 0 Å². The topological polar surface area (TPSA) is 46.0 Å². The molecule has 0 bridgehead atoms. The maximum Gasteiger partial charge on any atom is 0.130 e. The maximum absolute atomic E-state index is 9.58. The second-order valence-electron chi connectivity index (χ2n) is 2.68. The van der Waals surface area contributed by atoms with Gasteiger partial charge in [0.25, 0.3) is 0 Å². The van der Waals surface area contributed by atoms with E-state index in [-0.39, 0.29) is 5.75 Å². The summed E-state index contributed by atoms with van der Waals surface area (Å²) in [5.74, 6) is 0.271. The lowest BCUT2D eigenvalue weighted by Crippen LogP contribution is -1.83. The first-order valence-electron chi connectivity index (χ1n) is 3.67. The number of pyridine rings is 2. The SMILES string of the molecule is Cc1cnc2ccncc2c1O. The summed E-state index contributed by atoms with van der Waals surface area (Å²) >= 11 is 0. The molecule has 2 aromatic heterocycles. The fraction of sp³-hybridized carbons (Fsp3) is 0.111. The third kappa shape index (κ3) is 0.906. The molecule has 12 heavy (non-hydrogen) atoms. The van der Waals surface area contributed by atoms with Crippen molar-refractivity contribution >= 4 is 10.9 Å². The zero-order valence-corrected chi connectivity index (χ0v) is 6.65. The molecule has 0 aliphatic carbocycles. The Morgan fingerprint density at radius 2 is 2.17 bits per heavy atom. The smallest absolute Gasteiger partial charge is 0.130 e. The number of aryl methyl sites for hydroxylation is 1. The molecule has 1 N–H and O–H groups in total. The molecule has 3 heteroatoms. The van der Waals surface area contributed by atoms with Crippen LogP contribution in [0.15, 0.2) is 24.7 Å². The summed E-state index contributed by atoms with van der Waals surface area (Å²) in [4.78, 5) is 8.06. The average molecular weight is 160 g/mol. The van der Waals surface area contributed by atoms with E-state index in [9.17, 15) is 5.11 Å². The van der Waals surface area contributed by atoms with E-state index >= 15 is 0 Å². The first-order chi connectivity index (χ1) is 5.79. The van der Waals surface area contributed by atoms with Crippen LogP contribution in [-0.2, 0) is 0 Å². The van der Waals surface area contributed by atoms with Crippen molar-refractivity contribution in [3.8, 4) is 5.75 Å². The highest BCUT2D eigenvalue weighted by Crippen LogP contribution is 2.24. The fourth-order valence-electron chi connectivity index (χ4n) is 1.12. The van der Waals surface area contributed by atoms with Gasteiger partial charge in [-0.1, -0.05) is 0 Å². The van der Waals surface area contributed by atoms with E-state index in [4.69, 9.17) is 0 Å². The van der Waals surface area contributed by atoms with E-state index in [1.807, 2.05) is 6.92 Å². The van der Waals surface area contributed by atoms with Crippen molar-refractivity contribution in [3.05, 3.63) is 30.2 Å². The lowest BCUT2D eigenvalue weighted by molar-refractivity contribution is 0.477. The second kappa shape index (κ2) is 2.44. The van der Waals surface area contributed by atoms with Gasteiger partial charge in [-0.05, 0) is 13.0 Å². The molecule has 2 aromatic rings. The van der Waals surface area contributed by atoms with Gasteiger partial charge in [0, 0.05) is 24.2 Å². The predicted molar refractivity (Wildman–Crippen MR) is 45.9 cm³/mol. The van der Waals surface area contributed by atoms with Crippen LogP contribution in [0, 0.1) is 6.92 Å². The largest absolute Gasteiger partial charge is 0.507 e. The van der Waals surface area contributed by atoms with Gasteiger partial charge >= 0.3 is 0 Å². The molecule has 0 saturated carbocycles.